The van der Waals surface area contributed by atoms with Crippen LogP contribution in [-0.4, -0.2) is 50.3 Å². The van der Waals surface area contributed by atoms with Crippen molar-refractivity contribution in [3.63, 3.8) is 0 Å². The number of hydrogen-bond donors (Lipinski definition) is 1. The normalized spacial score (nSPS) is 18.9. The Balaban J connectivity index is 1.28. The van der Waals surface area contributed by atoms with Crippen molar-refractivity contribution < 1.29 is 9.53 Å². The Bertz CT molecular complexity index is 1280. The van der Waals surface area contributed by atoms with E-state index in [9.17, 15) is 4.79 Å². The van der Waals surface area contributed by atoms with Crippen LogP contribution in [0, 0.1) is 0 Å². The summed E-state index contributed by atoms with van der Waals surface area (Å²) in [6, 6.07) is 10.3. The maximum Gasteiger partial charge on any atom is 0.260 e. The SMILES string of the molecule is COc1cc2c(cc1C(=O)Nc1cccc(-c3nnc4n3C(C)(C)CC4)n1)CN(C1CC1)CC2. The second-order valence-corrected chi connectivity index (χ2v) is 10.2. The molecule has 8 nitrogen and oxygen atoms in total. The lowest BCUT2D eigenvalue weighted by Gasteiger charge is -2.29. The summed E-state index contributed by atoms with van der Waals surface area (Å²) >= 11 is 0. The third-order valence-corrected chi connectivity index (χ3v) is 7.39. The average Bonchev–Trinajstić information content (AvgIpc) is 3.52. The molecule has 3 aromatic rings. The van der Waals surface area contributed by atoms with Gasteiger partial charge < -0.3 is 14.6 Å². The Hall–Kier alpha value is -3.26. The minimum absolute atomic E-state index is 0.0556. The maximum atomic E-state index is 13.3. The number of nitrogens with one attached hydrogen (secondary N) is 1. The fraction of sp³-hybridized carbons (Fsp3) is 0.462. The van der Waals surface area contributed by atoms with Gasteiger partial charge in [-0.05, 0) is 74.9 Å². The largest absolute Gasteiger partial charge is 0.496 e. The van der Waals surface area contributed by atoms with Crippen molar-refractivity contribution in [3.8, 4) is 17.3 Å². The standard InChI is InChI=1S/C26H30N6O2/c1-26(2)11-9-23-29-30-24(32(23)26)20-5-4-6-22(27-20)28-25(33)19-13-17-15-31(18-7-8-18)12-10-16(17)14-21(19)34-3/h4-6,13-14,18H,7-12,15H2,1-3H3,(H,27,28,33). The van der Waals surface area contributed by atoms with Gasteiger partial charge in [0.25, 0.3) is 5.91 Å². The number of pyridine rings is 1. The number of ether oxygens (including phenoxy) is 1. The highest BCUT2D eigenvalue weighted by atomic mass is 16.5. The molecule has 1 aromatic carbocycles. The van der Waals surface area contributed by atoms with Gasteiger partial charge in [0.1, 0.15) is 23.1 Å². The Labute approximate surface area is 199 Å². The summed E-state index contributed by atoms with van der Waals surface area (Å²) in [5, 5.41) is 11.7. The lowest BCUT2D eigenvalue weighted by atomic mass is 9.96. The predicted octanol–water partition coefficient (Wildman–Crippen LogP) is 3.80. The third-order valence-electron chi connectivity index (χ3n) is 7.39. The molecule has 1 saturated carbocycles. The highest BCUT2D eigenvalue weighted by molar-refractivity contribution is 6.06. The van der Waals surface area contributed by atoms with E-state index in [0.29, 0.717) is 28.9 Å². The number of amides is 1. The number of fused-ring (bicyclic) bond motifs is 2. The van der Waals surface area contributed by atoms with Crippen LogP contribution in [0.25, 0.3) is 11.5 Å². The quantitative estimate of drug-likeness (QED) is 0.626. The Kier molecular flexibility index (Phi) is 4.95. The number of aromatic nitrogens is 4. The second kappa shape index (κ2) is 7.91. The van der Waals surface area contributed by atoms with Gasteiger partial charge in [-0.2, -0.15) is 0 Å². The molecular formula is C26H30N6O2. The number of carbonyl (C=O) groups is 1. The molecule has 2 aliphatic heterocycles. The minimum Gasteiger partial charge on any atom is -0.496 e. The van der Waals surface area contributed by atoms with Crippen molar-refractivity contribution in [3.05, 3.63) is 52.8 Å². The van der Waals surface area contributed by atoms with Crippen LogP contribution in [0.4, 0.5) is 5.82 Å². The van der Waals surface area contributed by atoms with E-state index in [1.165, 1.54) is 24.0 Å². The zero-order valence-electron chi connectivity index (χ0n) is 20.0. The van der Waals surface area contributed by atoms with Gasteiger partial charge in [-0.1, -0.05) is 6.07 Å². The molecule has 2 aromatic heterocycles. The van der Waals surface area contributed by atoms with Crippen LogP contribution in [0.5, 0.6) is 5.75 Å². The molecule has 1 N–H and O–H groups in total. The highest BCUT2D eigenvalue weighted by Gasteiger charge is 2.34. The van der Waals surface area contributed by atoms with Crippen LogP contribution < -0.4 is 10.1 Å². The number of benzene rings is 1. The molecule has 4 heterocycles. The van der Waals surface area contributed by atoms with Crippen molar-refractivity contribution in [2.75, 3.05) is 19.0 Å². The molecule has 1 fully saturated rings. The first kappa shape index (κ1) is 21.3. The van der Waals surface area contributed by atoms with Gasteiger partial charge in [-0.3, -0.25) is 9.69 Å². The fourth-order valence-corrected chi connectivity index (χ4v) is 5.33. The second-order valence-electron chi connectivity index (χ2n) is 10.2. The molecule has 0 atom stereocenters. The summed E-state index contributed by atoms with van der Waals surface area (Å²) in [5.74, 6) is 2.58. The Morgan fingerprint density at radius 2 is 2.00 bits per heavy atom. The van der Waals surface area contributed by atoms with Crippen LogP contribution in [0.2, 0.25) is 0 Å². The van der Waals surface area contributed by atoms with Crippen molar-refractivity contribution in [2.45, 2.75) is 64.1 Å². The van der Waals surface area contributed by atoms with E-state index >= 15 is 0 Å². The first-order valence-corrected chi connectivity index (χ1v) is 12.1. The van der Waals surface area contributed by atoms with Crippen molar-refractivity contribution in [1.82, 2.24) is 24.6 Å². The van der Waals surface area contributed by atoms with Gasteiger partial charge in [0.05, 0.1) is 12.7 Å². The van der Waals surface area contributed by atoms with Gasteiger partial charge in [-0.15, -0.1) is 10.2 Å². The number of rotatable bonds is 5. The third kappa shape index (κ3) is 3.66. The molecule has 3 aliphatic rings. The molecule has 8 heteroatoms. The molecule has 1 aliphatic carbocycles. The van der Waals surface area contributed by atoms with E-state index in [2.05, 4.69) is 38.8 Å². The van der Waals surface area contributed by atoms with Crippen molar-refractivity contribution >= 4 is 11.7 Å². The van der Waals surface area contributed by atoms with E-state index < -0.39 is 0 Å². The van der Waals surface area contributed by atoms with Gasteiger partial charge in [0.15, 0.2) is 5.82 Å². The smallest absolute Gasteiger partial charge is 0.260 e. The molecule has 0 unspecified atom stereocenters. The van der Waals surface area contributed by atoms with Crippen LogP contribution in [0.1, 0.15) is 60.4 Å². The molecule has 0 radical (unpaired) electrons. The molecule has 176 valence electrons. The Morgan fingerprint density at radius 1 is 1.15 bits per heavy atom. The number of hydrogen-bond acceptors (Lipinski definition) is 6. The number of nitrogens with zero attached hydrogens (tertiary/aromatic N) is 5. The molecular weight excluding hydrogens is 428 g/mol. The van der Waals surface area contributed by atoms with E-state index in [1.54, 1.807) is 13.2 Å². The predicted molar refractivity (Wildman–Crippen MR) is 129 cm³/mol. The summed E-state index contributed by atoms with van der Waals surface area (Å²) in [4.78, 5) is 20.6. The zero-order chi connectivity index (χ0) is 23.4. The zero-order valence-corrected chi connectivity index (χ0v) is 20.0. The Morgan fingerprint density at radius 3 is 2.79 bits per heavy atom. The highest BCUT2D eigenvalue weighted by Crippen LogP contribution is 2.36. The summed E-state index contributed by atoms with van der Waals surface area (Å²) < 4.78 is 7.76. The van der Waals surface area contributed by atoms with E-state index in [-0.39, 0.29) is 11.4 Å². The summed E-state index contributed by atoms with van der Waals surface area (Å²) in [6.45, 7) is 6.35. The minimum atomic E-state index is -0.223. The van der Waals surface area contributed by atoms with Crippen LogP contribution in [0.3, 0.4) is 0 Å². The number of methoxy groups -OCH3 is 1. The van der Waals surface area contributed by atoms with Gasteiger partial charge in [0, 0.05) is 31.1 Å². The van der Waals surface area contributed by atoms with Crippen molar-refractivity contribution in [2.24, 2.45) is 0 Å². The first-order chi connectivity index (χ1) is 16.4. The van der Waals surface area contributed by atoms with Gasteiger partial charge in [-0.25, -0.2) is 4.98 Å². The first-order valence-electron chi connectivity index (χ1n) is 12.1. The number of anilines is 1. The summed E-state index contributed by atoms with van der Waals surface area (Å²) in [6.07, 6.45) is 5.50. The van der Waals surface area contributed by atoms with E-state index in [4.69, 9.17) is 9.72 Å². The van der Waals surface area contributed by atoms with Crippen LogP contribution in [0.15, 0.2) is 30.3 Å². The molecule has 34 heavy (non-hydrogen) atoms. The molecule has 0 spiro atoms. The van der Waals surface area contributed by atoms with Crippen molar-refractivity contribution in [1.29, 1.82) is 0 Å². The number of carbonyl (C=O) groups excluding carboxylic acids is 1. The lowest BCUT2D eigenvalue weighted by Crippen LogP contribution is -2.32. The van der Waals surface area contributed by atoms with Gasteiger partial charge >= 0.3 is 0 Å². The molecule has 0 saturated heterocycles. The topological polar surface area (TPSA) is 85.2 Å². The van der Waals surface area contributed by atoms with E-state index in [0.717, 1.165) is 44.0 Å². The molecule has 1 amide bonds. The van der Waals surface area contributed by atoms with Crippen LogP contribution in [-0.2, 0) is 24.9 Å². The molecule has 6 rings (SSSR count). The fourth-order valence-electron chi connectivity index (χ4n) is 5.33. The monoisotopic (exact) mass is 458 g/mol. The molecule has 0 bridgehead atoms. The van der Waals surface area contributed by atoms with Crippen LogP contribution >= 0.6 is 0 Å². The average molecular weight is 459 g/mol. The lowest BCUT2D eigenvalue weighted by molar-refractivity contribution is 0.102. The van der Waals surface area contributed by atoms with E-state index in [1.807, 2.05) is 24.3 Å². The van der Waals surface area contributed by atoms with Gasteiger partial charge in [0.2, 0.25) is 0 Å². The maximum absolute atomic E-state index is 13.3. The summed E-state index contributed by atoms with van der Waals surface area (Å²) in [7, 11) is 1.62. The summed E-state index contributed by atoms with van der Waals surface area (Å²) in [5.41, 5.74) is 3.67. The number of aryl methyl sites for hydroxylation is 1.